The average molecular weight is 242 g/mol. The predicted octanol–water partition coefficient (Wildman–Crippen LogP) is -1.98. The number of carboxylic acid groups (broad SMARTS) is 1. The Kier molecular flexibility index (Phi) is 6.28. The number of carbonyl (C=O) groups excluding carboxylic acids is 2. The van der Waals surface area contributed by atoms with E-state index in [9.17, 15) is 14.4 Å². The first-order chi connectivity index (χ1) is 7.88. The maximum Gasteiger partial charge on any atom is 0.320 e. The van der Waals surface area contributed by atoms with Crippen LogP contribution in [-0.4, -0.2) is 46.9 Å². The Morgan fingerprint density at radius 1 is 1.29 bits per heavy atom. The summed E-state index contributed by atoms with van der Waals surface area (Å²) in [6.45, 7) is -0.623. The van der Waals surface area contributed by atoms with E-state index in [4.69, 9.17) is 21.8 Å². The standard InChI is InChI=1S/C9H14N4O4/c10-3-4-13(5-8(12)15)6(9(16)17)1-2-7(11)14/h6H,1-2,4-5H2,(H2,11,14)(H2,12,15)(H,16,17)/t6-/m0/s1. The Balaban J connectivity index is 4.70. The van der Waals surface area contributed by atoms with Gasteiger partial charge in [-0.25, -0.2) is 0 Å². The van der Waals surface area contributed by atoms with Crippen LogP contribution in [0.3, 0.4) is 0 Å². The number of hydrogen-bond acceptors (Lipinski definition) is 5. The number of primary amides is 2. The van der Waals surface area contributed by atoms with E-state index in [1.807, 2.05) is 0 Å². The number of hydrogen-bond donors (Lipinski definition) is 3. The van der Waals surface area contributed by atoms with Crippen molar-refractivity contribution >= 4 is 17.8 Å². The van der Waals surface area contributed by atoms with Gasteiger partial charge in [0.15, 0.2) is 0 Å². The van der Waals surface area contributed by atoms with Crippen LogP contribution < -0.4 is 11.5 Å². The van der Waals surface area contributed by atoms with Crippen molar-refractivity contribution in [1.29, 1.82) is 5.26 Å². The first-order valence-electron chi connectivity index (χ1n) is 4.79. The largest absolute Gasteiger partial charge is 0.480 e. The molecule has 0 saturated carbocycles. The quantitative estimate of drug-likeness (QED) is 0.419. The molecule has 5 N–H and O–H groups in total. The zero-order chi connectivity index (χ0) is 13.4. The van der Waals surface area contributed by atoms with Gasteiger partial charge in [-0.15, -0.1) is 0 Å². The second-order valence-corrected chi connectivity index (χ2v) is 3.39. The molecule has 17 heavy (non-hydrogen) atoms. The molecule has 0 heterocycles. The highest BCUT2D eigenvalue weighted by Crippen LogP contribution is 2.07. The molecule has 1 atom stereocenters. The molecular weight excluding hydrogens is 228 g/mol. The van der Waals surface area contributed by atoms with Gasteiger partial charge in [-0.2, -0.15) is 5.26 Å². The van der Waals surface area contributed by atoms with Crippen LogP contribution in [0.15, 0.2) is 0 Å². The topological polar surface area (TPSA) is 151 Å². The van der Waals surface area contributed by atoms with Crippen LogP contribution in [0, 0.1) is 11.3 Å². The summed E-state index contributed by atoms with van der Waals surface area (Å²) in [5.41, 5.74) is 9.85. The van der Waals surface area contributed by atoms with Crippen molar-refractivity contribution in [2.24, 2.45) is 11.5 Å². The summed E-state index contributed by atoms with van der Waals surface area (Å²) in [5, 5.41) is 17.5. The number of carbonyl (C=O) groups is 3. The van der Waals surface area contributed by atoms with Gasteiger partial charge in [-0.05, 0) is 6.42 Å². The third-order valence-electron chi connectivity index (χ3n) is 2.02. The van der Waals surface area contributed by atoms with Gasteiger partial charge in [0.05, 0.1) is 19.2 Å². The fourth-order valence-corrected chi connectivity index (χ4v) is 1.31. The Labute approximate surface area is 97.8 Å². The lowest BCUT2D eigenvalue weighted by Crippen LogP contribution is -2.46. The molecule has 0 aromatic heterocycles. The van der Waals surface area contributed by atoms with Crippen LogP contribution in [0.2, 0.25) is 0 Å². The van der Waals surface area contributed by atoms with Crippen LogP contribution in [0.1, 0.15) is 12.8 Å². The highest BCUT2D eigenvalue weighted by Gasteiger charge is 2.26. The molecule has 0 radical (unpaired) electrons. The lowest BCUT2D eigenvalue weighted by atomic mass is 10.1. The SMILES string of the molecule is N#CCN(CC(N)=O)[C@@H](CCC(N)=O)C(=O)O. The normalized spacial score (nSPS) is 11.8. The van der Waals surface area contributed by atoms with Crippen molar-refractivity contribution in [1.82, 2.24) is 4.90 Å². The summed E-state index contributed by atoms with van der Waals surface area (Å²) in [6, 6.07) is 0.605. The van der Waals surface area contributed by atoms with E-state index >= 15 is 0 Å². The molecule has 0 aliphatic heterocycles. The molecule has 0 aromatic carbocycles. The van der Waals surface area contributed by atoms with Crippen LogP contribution in [-0.2, 0) is 14.4 Å². The first-order valence-corrected chi connectivity index (χ1v) is 4.79. The third-order valence-corrected chi connectivity index (χ3v) is 2.02. The highest BCUT2D eigenvalue weighted by atomic mass is 16.4. The van der Waals surface area contributed by atoms with Gasteiger partial charge in [0, 0.05) is 6.42 Å². The van der Waals surface area contributed by atoms with E-state index in [1.165, 1.54) is 0 Å². The summed E-state index contributed by atoms with van der Waals surface area (Å²) in [7, 11) is 0. The Morgan fingerprint density at radius 2 is 1.88 bits per heavy atom. The van der Waals surface area contributed by atoms with Crippen molar-refractivity contribution in [2.45, 2.75) is 18.9 Å². The molecule has 0 spiro atoms. The molecule has 0 fully saturated rings. The number of nitrogens with two attached hydrogens (primary N) is 2. The number of rotatable bonds is 8. The maximum absolute atomic E-state index is 11.0. The fourth-order valence-electron chi connectivity index (χ4n) is 1.31. The Morgan fingerprint density at radius 3 is 2.24 bits per heavy atom. The summed E-state index contributed by atoms with van der Waals surface area (Å²) < 4.78 is 0. The smallest absolute Gasteiger partial charge is 0.320 e. The second kappa shape index (κ2) is 7.19. The van der Waals surface area contributed by atoms with Gasteiger partial charge >= 0.3 is 5.97 Å². The first kappa shape index (κ1) is 14.9. The number of aliphatic carboxylic acids is 1. The predicted molar refractivity (Wildman–Crippen MR) is 56.2 cm³/mol. The van der Waals surface area contributed by atoms with E-state index in [0.29, 0.717) is 0 Å². The van der Waals surface area contributed by atoms with Crippen LogP contribution >= 0.6 is 0 Å². The minimum Gasteiger partial charge on any atom is -0.480 e. The highest BCUT2D eigenvalue weighted by molar-refractivity contribution is 5.79. The van der Waals surface area contributed by atoms with Gasteiger partial charge in [0.2, 0.25) is 11.8 Å². The van der Waals surface area contributed by atoms with E-state index in [2.05, 4.69) is 0 Å². The Hall–Kier alpha value is -2.14. The van der Waals surface area contributed by atoms with Crippen molar-refractivity contribution in [3.63, 3.8) is 0 Å². The summed E-state index contributed by atoms with van der Waals surface area (Å²) in [5.74, 6) is -2.62. The molecular formula is C9H14N4O4. The minimum absolute atomic E-state index is 0.0698. The average Bonchev–Trinajstić information content (AvgIpc) is 2.16. The molecule has 0 bridgehead atoms. The monoisotopic (exact) mass is 242 g/mol. The third kappa shape index (κ3) is 6.11. The summed E-state index contributed by atoms with van der Waals surface area (Å²) >= 11 is 0. The molecule has 0 aromatic rings. The van der Waals surface area contributed by atoms with Crippen molar-refractivity contribution in [3.05, 3.63) is 0 Å². The fraction of sp³-hybridized carbons (Fsp3) is 0.556. The lowest BCUT2D eigenvalue weighted by Gasteiger charge is -2.24. The zero-order valence-corrected chi connectivity index (χ0v) is 9.13. The van der Waals surface area contributed by atoms with Gasteiger partial charge in [0.25, 0.3) is 0 Å². The number of nitriles is 1. The molecule has 0 aliphatic rings. The number of amides is 2. The molecule has 8 heteroatoms. The molecule has 8 nitrogen and oxygen atoms in total. The van der Waals surface area contributed by atoms with Crippen LogP contribution in [0.25, 0.3) is 0 Å². The van der Waals surface area contributed by atoms with Crippen LogP contribution in [0.5, 0.6) is 0 Å². The van der Waals surface area contributed by atoms with E-state index in [0.717, 1.165) is 4.90 Å². The molecule has 0 aliphatic carbocycles. The molecule has 94 valence electrons. The summed E-state index contributed by atoms with van der Waals surface area (Å²) in [4.78, 5) is 33.4. The van der Waals surface area contributed by atoms with Crippen molar-refractivity contribution in [2.75, 3.05) is 13.1 Å². The molecule has 0 rings (SSSR count). The van der Waals surface area contributed by atoms with Crippen LogP contribution in [0.4, 0.5) is 0 Å². The molecule has 2 amide bonds. The maximum atomic E-state index is 11.0. The van der Waals surface area contributed by atoms with Gasteiger partial charge in [-0.1, -0.05) is 0 Å². The summed E-state index contributed by atoms with van der Waals surface area (Å²) in [6.07, 6.45) is -0.211. The molecule has 0 saturated heterocycles. The second-order valence-electron chi connectivity index (χ2n) is 3.39. The van der Waals surface area contributed by atoms with Crippen molar-refractivity contribution in [3.8, 4) is 6.07 Å². The van der Waals surface area contributed by atoms with Gasteiger partial charge in [-0.3, -0.25) is 19.3 Å². The minimum atomic E-state index is -1.23. The van der Waals surface area contributed by atoms with Crippen molar-refractivity contribution < 1.29 is 19.5 Å². The van der Waals surface area contributed by atoms with E-state index < -0.39 is 23.8 Å². The lowest BCUT2D eigenvalue weighted by molar-refractivity contribution is -0.143. The Bertz CT molecular complexity index is 349. The van der Waals surface area contributed by atoms with E-state index in [-0.39, 0.29) is 25.9 Å². The van der Waals surface area contributed by atoms with Gasteiger partial charge in [0.1, 0.15) is 6.04 Å². The number of carboxylic acids is 1. The van der Waals surface area contributed by atoms with E-state index in [1.54, 1.807) is 6.07 Å². The molecule has 0 unspecified atom stereocenters. The number of nitrogens with zero attached hydrogens (tertiary/aromatic N) is 2. The van der Waals surface area contributed by atoms with Gasteiger partial charge < -0.3 is 16.6 Å². The zero-order valence-electron chi connectivity index (χ0n) is 9.13.